The predicted molar refractivity (Wildman–Crippen MR) is 71.4 cm³/mol. The number of hydrogen-bond acceptors (Lipinski definition) is 3. The fourth-order valence-corrected chi connectivity index (χ4v) is 4.32. The molecule has 1 aliphatic heterocycles. The van der Waals surface area contributed by atoms with Gasteiger partial charge in [-0.25, -0.2) is 13.1 Å². The van der Waals surface area contributed by atoms with E-state index in [0.717, 1.165) is 25.9 Å². The topological polar surface area (TPSA) is 58.2 Å². The number of nitrogens with one attached hydrogen (secondary N) is 2. The molecular formula is C12H26N2O2S. The van der Waals surface area contributed by atoms with E-state index in [1.54, 1.807) is 0 Å². The van der Waals surface area contributed by atoms with Crippen molar-refractivity contribution in [2.24, 2.45) is 11.3 Å². The first kappa shape index (κ1) is 14.9. The second-order valence-electron chi connectivity index (χ2n) is 6.31. The van der Waals surface area contributed by atoms with E-state index < -0.39 is 10.0 Å². The second kappa shape index (κ2) is 5.67. The average molecular weight is 262 g/mol. The van der Waals surface area contributed by atoms with E-state index in [9.17, 15) is 8.42 Å². The fraction of sp³-hybridized carbons (Fsp3) is 1.00. The molecule has 0 aromatic heterocycles. The summed E-state index contributed by atoms with van der Waals surface area (Å²) < 4.78 is 26.8. The zero-order chi connectivity index (χ0) is 13.1. The molecule has 0 bridgehead atoms. The van der Waals surface area contributed by atoms with Crippen LogP contribution in [-0.4, -0.2) is 33.3 Å². The molecule has 1 saturated heterocycles. The van der Waals surface area contributed by atoms with E-state index in [1.807, 2.05) is 27.7 Å². The van der Waals surface area contributed by atoms with Gasteiger partial charge in [-0.05, 0) is 44.2 Å². The van der Waals surface area contributed by atoms with Crippen LogP contribution >= 0.6 is 0 Å². The summed E-state index contributed by atoms with van der Waals surface area (Å²) >= 11 is 0. The predicted octanol–water partition coefficient (Wildman–Crippen LogP) is 1.34. The van der Waals surface area contributed by atoms with E-state index >= 15 is 0 Å². The lowest BCUT2D eigenvalue weighted by Gasteiger charge is -2.29. The van der Waals surface area contributed by atoms with Crippen molar-refractivity contribution in [2.45, 2.75) is 46.6 Å². The van der Waals surface area contributed by atoms with Crippen molar-refractivity contribution in [3.05, 3.63) is 0 Å². The largest absolute Gasteiger partial charge is 0.317 e. The first-order valence-electron chi connectivity index (χ1n) is 6.40. The molecule has 1 atom stereocenters. The Morgan fingerprint density at radius 3 is 2.29 bits per heavy atom. The Kier molecular flexibility index (Phi) is 4.98. The third-order valence-electron chi connectivity index (χ3n) is 3.08. The zero-order valence-electron chi connectivity index (χ0n) is 11.4. The summed E-state index contributed by atoms with van der Waals surface area (Å²) in [6.07, 6.45) is 2.11. The summed E-state index contributed by atoms with van der Waals surface area (Å²) in [5.74, 6) is 0.654. The van der Waals surface area contributed by atoms with Gasteiger partial charge in [0.1, 0.15) is 0 Å². The van der Waals surface area contributed by atoms with Crippen LogP contribution in [0.4, 0.5) is 0 Å². The summed E-state index contributed by atoms with van der Waals surface area (Å²) in [7, 11) is -3.16. The van der Waals surface area contributed by atoms with Crippen LogP contribution in [-0.2, 0) is 10.0 Å². The van der Waals surface area contributed by atoms with Gasteiger partial charge in [-0.2, -0.15) is 0 Å². The molecule has 1 aliphatic rings. The minimum Gasteiger partial charge on any atom is -0.317 e. The Morgan fingerprint density at radius 1 is 1.29 bits per heavy atom. The maximum atomic E-state index is 12.0. The van der Waals surface area contributed by atoms with Crippen molar-refractivity contribution in [1.82, 2.24) is 10.0 Å². The van der Waals surface area contributed by atoms with Crippen LogP contribution in [0.25, 0.3) is 0 Å². The molecule has 2 N–H and O–H groups in total. The summed E-state index contributed by atoms with van der Waals surface area (Å²) in [5, 5.41) is 3.29. The van der Waals surface area contributed by atoms with Crippen LogP contribution in [0.3, 0.4) is 0 Å². The van der Waals surface area contributed by atoms with Gasteiger partial charge in [0.25, 0.3) is 0 Å². The molecule has 5 heteroatoms. The standard InChI is InChI=1S/C12H26N2O2S/c1-10(11-5-7-13-8-6-11)14-17(15,16)9-12(2,3)4/h10-11,13-14H,5-9H2,1-4H3. The molecule has 1 heterocycles. The lowest BCUT2D eigenvalue weighted by atomic mass is 9.92. The van der Waals surface area contributed by atoms with E-state index in [4.69, 9.17) is 0 Å². The molecule has 0 aromatic carbocycles. The van der Waals surface area contributed by atoms with Gasteiger partial charge >= 0.3 is 0 Å². The Balaban J connectivity index is 2.51. The highest BCUT2D eigenvalue weighted by atomic mass is 32.2. The maximum absolute atomic E-state index is 12.0. The van der Waals surface area contributed by atoms with E-state index in [-0.39, 0.29) is 17.2 Å². The normalized spacial score (nSPS) is 21.4. The van der Waals surface area contributed by atoms with Crippen LogP contribution in [0.2, 0.25) is 0 Å². The Labute approximate surface area is 106 Å². The van der Waals surface area contributed by atoms with Crippen LogP contribution < -0.4 is 10.0 Å². The molecule has 0 spiro atoms. The van der Waals surface area contributed by atoms with Crippen molar-refractivity contribution in [3.8, 4) is 0 Å². The minimum atomic E-state index is -3.16. The van der Waals surface area contributed by atoms with Gasteiger partial charge in [0.2, 0.25) is 10.0 Å². The third kappa shape index (κ3) is 5.84. The van der Waals surface area contributed by atoms with Gasteiger partial charge in [0, 0.05) is 6.04 Å². The van der Waals surface area contributed by atoms with Gasteiger partial charge in [0.15, 0.2) is 0 Å². The second-order valence-corrected chi connectivity index (χ2v) is 8.07. The van der Waals surface area contributed by atoms with Gasteiger partial charge in [-0.1, -0.05) is 20.8 Å². The average Bonchev–Trinajstić information content (AvgIpc) is 2.14. The molecule has 0 saturated carbocycles. The highest BCUT2D eigenvalue weighted by Crippen LogP contribution is 2.19. The van der Waals surface area contributed by atoms with Crippen molar-refractivity contribution < 1.29 is 8.42 Å². The molecule has 1 fully saturated rings. The van der Waals surface area contributed by atoms with Gasteiger partial charge < -0.3 is 5.32 Å². The number of rotatable bonds is 4. The lowest BCUT2D eigenvalue weighted by Crippen LogP contribution is -2.44. The summed E-state index contributed by atoms with van der Waals surface area (Å²) in [5.41, 5.74) is -0.195. The molecule has 1 unspecified atom stereocenters. The third-order valence-corrected chi connectivity index (χ3v) is 5.06. The molecule has 1 rings (SSSR count). The minimum absolute atomic E-state index is 0.0458. The van der Waals surface area contributed by atoms with E-state index in [2.05, 4.69) is 10.0 Å². The van der Waals surface area contributed by atoms with Crippen molar-refractivity contribution in [3.63, 3.8) is 0 Å². The number of sulfonamides is 1. The summed E-state index contributed by atoms with van der Waals surface area (Å²) in [6.45, 7) is 9.81. The van der Waals surface area contributed by atoms with Gasteiger partial charge in [-0.3, -0.25) is 0 Å². The van der Waals surface area contributed by atoms with Crippen LogP contribution in [0, 0.1) is 11.3 Å². The fourth-order valence-electron chi connectivity index (χ4n) is 2.34. The highest BCUT2D eigenvalue weighted by molar-refractivity contribution is 7.89. The SMILES string of the molecule is CC(NS(=O)(=O)CC(C)(C)C)C1CCNCC1. The molecule has 102 valence electrons. The summed E-state index contributed by atoms with van der Waals surface area (Å²) in [6, 6.07) is 0.0458. The molecule has 17 heavy (non-hydrogen) atoms. The highest BCUT2D eigenvalue weighted by Gasteiger charge is 2.27. The van der Waals surface area contributed by atoms with Gasteiger partial charge in [0.05, 0.1) is 5.75 Å². The van der Waals surface area contributed by atoms with Crippen molar-refractivity contribution >= 4 is 10.0 Å². The Morgan fingerprint density at radius 2 is 1.82 bits per heavy atom. The first-order chi connectivity index (χ1) is 7.70. The maximum Gasteiger partial charge on any atom is 0.212 e. The van der Waals surface area contributed by atoms with Crippen LogP contribution in [0.1, 0.15) is 40.5 Å². The first-order valence-corrected chi connectivity index (χ1v) is 8.05. The van der Waals surface area contributed by atoms with Gasteiger partial charge in [-0.15, -0.1) is 0 Å². The van der Waals surface area contributed by atoms with Crippen molar-refractivity contribution in [2.75, 3.05) is 18.8 Å². The molecule has 4 nitrogen and oxygen atoms in total. The molecular weight excluding hydrogens is 236 g/mol. The van der Waals surface area contributed by atoms with Crippen LogP contribution in [0.15, 0.2) is 0 Å². The van der Waals surface area contributed by atoms with Crippen LogP contribution in [0.5, 0.6) is 0 Å². The number of piperidine rings is 1. The lowest BCUT2D eigenvalue weighted by molar-refractivity contribution is 0.315. The molecule has 0 amide bonds. The Bertz CT molecular complexity index is 327. The summed E-state index contributed by atoms with van der Waals surface area (Å²) in [4.78, 5) is 0. The van der Waals surface area contributed by atoms with E-state index in [1.165, 1.54) is 0 Å². The monoisotopic (exact) mass is 262 g/mol. The quantitative estimate of drug-likeness (QED) is 0.804. The smallest absolute Gasteiger partial charge is 0.212 e. The Hall–Kier alpha value is -0.130. The molecule has 0 radical (unpaired) electrons. The molecule has 0 aromatic rings. The van der Waals surface area contributed by atoms with Crippen molar-refractivity contribution in [1.29, 1.82) is 0 Å². The molecule has 0 aliphatic carbocycles. The number of hydrogen-bond donors (Lipinski definition) is 2. The van der Waals surface area contributed by atoms with E-state index in [0.29, 0.717) is 5.92 Å². The zero-order valence-corrected chi connectivity index (χ0v) is 12.2.